The van der Waals surface area contributed by atoms with E-state index in [0.717, 1.165) is 6.20 Å². The Balaban J connectivity index is 1.86. The molecule has 0 saturated carbocycles. The smallest absolute Gasteiger partial charge is 0.322 e. The SMILES string of the molecule is N#Cc1cnc(C(=O)ON2C(=O)c3ccccc3C2=O)c(Cl)c1. The van der Waals surface area contributed by atoms with Gasteiger partial charge in [0.05, 0.1) is 21.7 Å². The van der Waals surface area contributed by atoms with Crippen molar-refractivity contribution in [2.45, 2.75) is 0 Å². The van der Waals surface area contributed by atoms with E-state index in [1.165, 1.54) is 18.2 Å². The van der Waals surface area contributed by atoms with Crippen molar-refractivity contribution in [3.8, 4) is 6.07 Å². The van der Waals surface area contributed by atoms with Crippen LogP contribution in [0, 0.1) is 11.3 Å². The second-order valence-corrected chi connectivity index (χ2v) is 4.90. The molecule has 2 aromatic rings. The molecule has 8 heteroatoms. The lowest BCUT2D eigenvalue weighted by atomic mass is 10.1. The van der Waals surface area contributed by atoms with Crippen LogP contribution in [0.4, 0.5) is 0 Å². The van der Waals surface area contributed by atoms with E-state index in [-0.39, 0.29) is 27.4 Å². The van der Waals surface area contributed by atoms with Crippen molar-refractivity contribution >= 4 is 29.4 Å². The largest absolute Gasteiger partial charge is 0.383 e. The van der Waals surface area contributed by atoms with Crippen molar-refractivity contribution in [3.63, 3.8) is 0 Å². The van der Waals surface area contributed by atoms with Crippen molar-refractivity contribution in [1.29, 1.82) is 5.26 Å². The molecular formula is C15H6ClN3O4. The molecule has 1 aromatic carbocycles. The summed E-state index contributed by atoms with van der Waals surface area (Å²) in [6, 6.07) is 9.14. The number of nitriles is 1. The Hall–Kier alpha value is -3.24. The first-order valence-electron chi connectivity index (χ1n) is 6.28. The number of benzene rings is 1. The number of fused-ring (bicyclic) bond motifs is 1. The van der Waals surface area contributed by atoms with Gasteiger partial charge in [0.15, 0.2) is 5.69 Å². The summed E-state index contributed by atoms with van der Waals surface area (Å²) in [5.41, 5.74) is 0.142. The van der Waals surface area contributed by atoms with E-state index in [1.54, 1.807) is 12.1 Å². The number of hydroxylamine groups is 2. The number of pyridine rings is 1. The normalized spacial score (nSPS) is 12.8. The number of amides is 2. The molecular weight excluding hydrogens is 322 g/mol. The van der Waals surface area contributed by atoms with Gasteiger partial charge in [0.25, 0.3) is 11.8 Å². The first kappa shape index (κ1) is 14.7. The molecule has 112 valence electrons. The minimum Gasteiger partial charge on any atom is -0.322 e. The van der Waals surface area contributed by atoms with Crippen LogP contribution in [0.25, 0.3) is 0 Å². The topological polar surface area (TPSA) is 100 Å². The molecule has 2 heterocycles. The molecule has 3 rings (SSSR count). The average Bonchev–Trinajstić information content (AvgIpc) is 2.80. The van der Waals surface area contributed by atoms with E-state index in [4.69, 9.17) is 21.7 Å². The van der Waals surface area contributed by atoms with Gasteiger partial charge >= 0.3 is 5.97 Å². The quantitative estimate of drug-likeness (QED) is 0.782. The van der Waals surface area contributed by atoms with Crippen molar-refractivity contribution in [2.75, 3.05) is 0 Å². The van der Waals surface area contributed by atoms with E-state index in [9.17, 15) is 14.4 Å². The molecule has 2 amide bonds. The molecule has 0 N–H and O–H groups in total. The van der Waals surface area contributed by atoms with Gasteiger partial charge in [-0.05, 0) is 18.2 Å². The zero-order valence-corrected chi connectivity index (χ0v) is 12.1. The summed E-state index contributed by atoms with van der Waals surface area (Å²) < 4.78 is 0. The third-order valence-corrected chi connectivity index (χ3v) is 3.38. The predicted octanol–water partition coefficient (Wildman–Crippen LogP) is 1.97. The molecule has 1 aromatic heterocycles. The highest BCUT2D eigenvalue weighted by molar-refractivity contribution is 6.33. The van der Waals surface area contributed by atoms with Crippen LogP contribution in [0.15, 0.2) is 36.5 Å². The van der Waals surface area contributed by atoms with Crippen LogP contribution in [-0.4, -0.2) is 27.8 Å². The van der Waals surface area contributed by atoms with E-state index in [2.05, 4.69) is 4.98 Å². The molecule has 23 heavy (non-hydrogen) atoms. The average molecular weight is 328 g/mol. The lowest BCUT2D eigenvalue weighted by Gasteiger charge is -2.12. The van der Waals surface area contributed by atoms with Crippen LogP contribution in [0.2, 0.25) is 5.02 Å². The number of hydrogen-bond donors (Lipinski definition) is 0. The highest BCUT2D eigenvalue weighted by Gasteiger charge is 2.39. The van der Waals surface area contributed by atoms with Crippen molar-refractivity contribution in [2.24, 2.45) is 0 Å². The van der Waals surface area contributed by atoms with E-state index < -0.39 is 17.8 Å². The molecule has 0 atom stereocenters. The van der Waals surface area contributed by atoms with E-state index in [1.807, 2.05) is 6.07 Å². The van der Waals surface area contributed by atoms with Crippen LogP contribution < -0.4 is 0 Å². The number of rotatable bonds is 2. The van der Waals surface area contributed by atoms with E-state index in [0.29, 0.717) is 5.06 Å². The molecule has 1 aliphatic rings. The molecule has 1 aliphatic heterocycles. The van der Waals surface area contributed by atoms with Gasteiger partial charge in [0.1, 0.15) is 6.07 Å². The molecule has 0 fully saturated rings. The van der Waals surface area contributed by atoms with Gasteiger partial charge in [-0.1, -0.05) is 28.8 Å². The summed E-state index contributed by atoms with van der Waals surface area (Å²) in [4.78, 5) is 44.8. The molecule has 0 unspecified atom stereocenters. The number of hydrogen-bond acceptors (Lipinski definition) is 6. The monoisotopic (exact) mass is 327 g/mol. The number of carbonyl (C=O) groups is 3. The van der Waals surface area contributed by atoms with Crippen molar-refractivity contribution in [3.05, 3.63) is 63.9 Å². The number of imide groups is 1. The van der Waals surface area contributed by atoms with Crippen molar-refractivity contribution in [1.82, 2.24) is 10.0 Å². The Morgan fingerprint density at radius 1 is 1.22 bits per heavy atom. The summed E-state index contributed by atoms with van der Waals surface area (Å²) in [6.45, 7) is 0. The molecule has 0 radical (unpaired) electrons. The van der Waals surface area contributed by atoms with Crippen LogP contribution in [-0.2, 0) is 4.84 Å². The number of halogens is 1. The van der Waals surface area contributed by atoms with E-state index >= 15 is 0 Å². The number of nitrogens with zero attached hydrogens (tertiary/aromatic N) is 3. The Bertz CT molecular complexity index is 869. The maximum Gasteiger partial charge on any atom is 0.383 e. The Kier molecular flexibility index (Phi) is 3.52. The summed E-state index contributed by atoms with van der Waals surface area (Å²) in [6.07, 6.45) is 1.13. The standard InChI is InChI=1S/C15H6ClN3O4/c16-11-5-8(6-17)7-18-12(11)15(22)23-19-13(20)9-3-1-2-4-10(9)14(19)21/h1-5,7H. The fourth-order valence-electron chi connectivity index (χ4n) is 2.03. The van der Waals surface area contributed by atoms with Gasteiger partial charge in [-0.15, -0.1) is 0 Å². The lowest BCUT2D eigenvalue weighted by molar-refractivity contribution is -0.0588. The van der Waals surface area contributed by atoms with Crippen LogP contribution in [0.3, 0.4) is 0 Å². The third-order valence-electron chi connectivity index (χ3n) is 3.09. The summed E-state index contributed by atoms with van der Waals surface area (Å²) in [5.74, 6) is -2.57. The lowest BCUT2D eigenvalue weighted by Crippen LogP contribution is -2.33. The first-order valence-corrected chi connectivity index (χ1v) is 6.66. The van der Waals surface area contributed by atoms with Gasteiger partial charge in [0.2, 0.25) is 0 Å². The fourth-order valence-corrected chi connectivity index (χ4v) is 2.27. The molecule has 0 bridgehead atoms. The van der Waals surface area contributed by atoms with Gasteiger partial charge in [-0.3, -0.25) is 9.59 Å². The Morgan fingerprint density at radius 3 is 2.35 bits per heavy atom. The summed E-state index contributed by atoms with van der Waals surface area (Å²) in [5, 5.41) is 8.97. The number of carbonyl (C=O) groups excluding carboxylic acids is 3. The second kappa shape index (κ2) is 5.51. The number of aromatic nitrogens is 1. The Morgan fingerprint density at radius 2 is 1.83 bits per heavy atom. The highest BCUT2D eigenvalue weighted by atomic mass is 35.5. The van der Waals surface area contributed by atoms with Gasteiger partial charge in [-0.25, -0.2) is 9.78 Å². The molecule has 0 aliphatic carbocycles. The first-order chi connectivity index (χ1) is 11.0. The minimum absolute atomic E-state index is 0.120. The van der Waals surface area contributed by atoms with Crippen molar-refractivity contribution < 1.29 is 19.2 Å². The molecule has 0 spiro atoms. The summed E-state index contributed by atoms with van der Waals surface area (Å²) in [7, 11) is 0. The minimum atomic E-state index is -1.08. The summed E-state index contributed by atoms with van der Waals surface area (Å²) >= 11 is 5.85. The fraction of sp³-hybridized carbons (Fsp3) is 0. The van der Waals surface area contributed by atoms with Gasteiger partial charge in [0, 0.05) is 6.20 Å². The maximum absolute atomic E-state index is 12.1. The zero-order chi connectivity index (χ0) is 16.6. The van der Waals surface area contributed by atoms with Crippen LogP contribution in [0.1, 0.15) is 36.8 Å². The maximum atomic E-state index is 12.1. The van der Waals surface area contributed by atoms with Gasteiger partial charge < -0.3 is 4.84 Å². The third kappa shape index (κ3) is 2.41. The predicted molar refractivity (Wildman–Crippen MR) is 76.3 cm³/mol. The highest BCUT2D eigenvalue weighted by Crippen LogP contribution is 2.24. The second-order valence-electron chi connectivity index (χ2n) is 4.50. The Labute approximate surface area is 134 Å². The van der Waals surface area contributed by atoms with Crippen LogP contribution in [0.5, 0.6) is 0 Å². The van der Waals surface area contributed by atoms with Crippen LogP contribution >= 0.6 is 11.6 Å². The molecule has 0 saturated heterocycles. The molecule has 7 nitrogen and oxygen atoms in total. The zero-order valence-electron chi connectivity index (χ0n) is 11.3. The van der Waals surface area contributed by atoms with Gasteiger partial charge in [-0.2, -0.15) is 5.26 Å².